The molecule has 0 saturated carbocycles. The molecule has 10 heteroatoms. The lowest BCUT2D eigenvalue weighted by molar-refractivity contribution is 0.102. The molecule has 0 atom stereocenters. The number of carbonyl (C=O) groups is 1. The molecular formula is C17H20ClN7OS. The highest BCUT2D eigenvalue weighted by Gasteiger charge is 2.19. The van der Waals surface area contributed by atoms with Gasteiger partial charge in [0.1, 0.15) is 0 Å². The summed E-state index contributed by atoms with van der Waals surface area (Å²) >= 11 is 1.54. The van der Waals surface area contributed by atoms with Crippen molar-refractivity contribution >= 4 is 34.8 Å². The highest BCUT2D eigenvalue weighted by Crippen LogP contribution is 2.31. The number of nitrogens with zero attached hydrogens (tertiary/aromatic N) is 5. The number of pyridine rings is 1. The number of thiazole rings is 1. The largest absolute Gasteiger partial charge is 0.317 e. The Morgan fingerprint density at radius 3 is 2.93 bits per heavy atom. The summed E-state index contributed by atoms with van der Waals surface area (Å²) in [7, 11) is 0. The Kier molecular flexibility index (Phi) is 6.49. The van der Waals surface area contributed by atoms with Crippen LogP contribution in [-0.2, 0) is 6.54 Å². The first-order valence-electron chi connectivity index (χ1n) is 8.56. The van der Waals surface area contributed by atoms with Crippen LogP contribution in [0.1, 0.15) is 39.8 Å². The number of hydrogen-bond donors (Lipinski definition) is 2. The highest BCUT2D eigenvalue weighted by atomic mass is 35.5. The number of aromatic nitrogens is 5. The van der Waals surface area contributed by atoms with E-state index in [-0.39, 0.29) is 24.0 Å². The molecule has 3 aromatic rings. The van der Waals surface area contributed by atoms with Crippen molar-refractivity contribution in [2.75, 3.05) is 18.4 Å². The fourth-order valence-electron chi connectivity index (χ4n) is 2.94. The van der Waals surface area contributed by atoms with Crippen LogP contribution in [0.5, 0.6) is 0 Å². The second-order valence-electron chi connectivity index (χ2n) is 6.17. The van der Waals surface area contributed by atoms with Crippen molar-refractivity contribution in [2.45, 2.75) is 25.3 Å². The third-order valence-corrected chi connectivity index (χ3v) is 5.38. The Hall–Kier alpha value is -2.36. The zero-order valence-electron chi connectivity index (χ0n) is 14.5. The van der Waals surface area contributed by atoms with Crippen LogP contribution in [0, 0.1) is 0 Å². The first-order chi connectivity index (χ1) is 12.8. The van der Waals surface area contributed by atoms with Crippen LogP contribution >= 0.6 is 23.7 Å². The van der Waals surface area contributed by atoms with Gasteiger partial charge >= 0.3 is 0 Å². The number of carbonyl (C=O) groups excluding carboxylic acids is 1. The van der Waals surface area contributed by atoms with Crippen molar-refractivity contribution < 1.29 is 4.79 Å². The van der Waals surface area contributed by atoms with Gasteiger partial charge in [-0.2, -0.15) is 0 Å². The second kappa shape index (κ2) is 9.03. The standard InChI is InChI=1S/C17H19N7OS.ClH/c25-16(14-11-24(23-22-14)10-13-3-1-2-6-19-13)21-17-20-9-15(26-17)12-4-7-18-8-5-12;/h1-3,6,9,11-12,18H,4-5,7-8,10H2,(H,20,21,25);1H. The zero-order chi connectivity index (χ0) is 17.8. The average molecular weight is 406 g/mol. The van der Waals surface area contributed by atoms with Gasteiger partial charge in [-0.05, 0) is 44.0 Å². The number of amides is 1. The summed E-state index contributed by atoms with van der Waals surface area (Å²) in [6, 6.07) is 5.67. The van der Waals surface area contributed by atoms with Gasteiger partial charge in [-0.3, -0.25) is 15.1 Å². The number of nitrogens with one attached hydrogen (secondary N) is 2. The molecule has 1 saturated heterocycles. The fourth-order valence-corrected chi connectivity index (χ4v) is 3.92. The number of anilines is 1. The van der Waals surface area contributed by atoms with Gasteiger partial charge in [-0.1, -0.05) is 11.3 Å². The average Bonchev–Trinajstić information content (AvgIpc) is 3.33. The van der Waals surface area contributed by atoms with Crippen molar-refractivity contribution in [3.05, 3.63) is 53.1 Å². The van der Waals surface area contributed by atoms with Gasteiger partial charge in [0.05, 0.1) is 18.4 Å². The SMILES string of the molecule is Cl.O=C(Nc1ncc(C2CCNCC2)s1)c1cn(Cc2ccccn2)nn1. The number of hydrogen-bond acceptors (Lipinski definition) is 7. The third kappa shape index (κ3) is 4.88. The van der Waals surface area contributed by atoms with E-state index >= 15 is 0 Å². The fraction of sp³-hybridized carbons (Fsp3) is 0.353. The van der Waals surface area contributed by atoms with Gasteiger partial charge < -0.3 is 5.32 Å². The van der Waals surface area contributed by atoms with E-state index in [2.05, 4.69) is 30.9 Å². The van der Waals surface area contributed by atoms with Crippen LogP contribution < -0.4 is 10.6 Å². The zero-order valence-corrected chi connectivity index (χ0v) is 16.2. The van der Waals surface area contributed by atoms with Crippen molar-refractivity contribution in [1.29, 1.82) is 0 Å². The van der Waals surface area contributed by atoms with Crippen molar-refractivity contribution in [3.8, 4) is 0 Å². The number of piperidine rings is 1. The van der Waals surface area contributed by atoms with E-state index in [1.807, 2.05) is 24.4 Å². The topological polar surface area (TPSA) is 97.6 Å². The van der Waals surface area contributed by atoms with Gasteiger partial charge in [0, 0.05) is 17.3 Å². The van der Waals surface area contributed by atoms with E-state index in [9.17, 15) is 4.79 Å². The van der Waals surface area contributed by atoms with Gasteiger partial charge in [-0.25, -0.2) is 9.67 Å². The summed E-state index contributed by atoms with van der Waals surface area (Å²) in [4.78, 5) is 22.2. The molecule has 0 spiro atoms. The third-order valence-electron chi connectivity index (χ3n) is 4.31. The van der Waals surface area contributed by atoms with E-state index in [0.717, 1.165) is 31.6 Å². The summed E-state index contributed by atoms with van der Waals surface area (Å²) in [6.45, 7) is 2.53. The van der Waals surface area contributed by atoms with Crippen molar-refractivity contribution in [2.24, 2.45) is 0 Å². The summed E-state index contributed by atoms with van der Waals surface area (Å²) in [5, 5.41) is 14.7. The Balaban J connectivity index is 0.00000210. The summed E-state index contributed by atoms with van der Waals surface area (Å²) in [5.41, 5.74) is 1.12. The Morgan fingerprint density at radius 2 is 2.15 bits per heavy atom. The molecule has 0 radical (unpaired) electrons. The Bertz CT molecular complexity index is 876. The first-order valence-corrected chi connectivity index (χ1v) is 9.37. The predicted molar refractivity (Wildman–Crippen MR) is 106 cm³/mol. The highest BCUT2D eigenvalue weighted by molar-refractivity contribution is 7.15. The van der Waals surface area contributed by atoms with E-state index in [1.54, 1.807) is 17.1 Å². The minimum atomic E-state index is -0.302. The molecule has 4 rings (SSSR count). The maximum Gasteiger partial charge on any atom is 0.279 e. The van der Waals surface area contributed by atoms with E-state index in [0.29, 0.717) is 17.6 Å². The van der Waals surface area contributed by atoms with Crippen LogP contribution in [0.25, 0.3) is 0 Å². The number of rotatable bonds is 5. The second-order valence-corrected chi connectivity index (χ2v) is 7.23. The summed E-state index contributed by atoms with van der Waals surface area (Å²) < 4.78 is 1.60. The van der Waals surface area contributed by atoms with Gasteiger partial charge in [0.15, 0.2) is 10.8 Å². The monoisotopic (exact) mass is 405 g/mol. The van der Waals surface area contributed by atoms with E-state index in [1.165, 1.54) is 16.2 Å². The molecule has 0 aromatic carbocycles. The summed E-state index contributed by atoms with van der Waals surface area (Å²) in [5.74, 6) is 0.224. The minimum Gasteiger partial charge on any atom is -0.317 e. The first kappa shape index (κ1) is 19.4. The van der Waals surface area contributed by atoms with E-state index in [4.69, 9.17) is 0 Å². The lowest BCUT2D eigenvalue weighted by atomic mass is 9.97. The molecule has 1 fully saturated rings. The van der Waals surface area contributed by atoms with Gasteiger partial charge in [0.25, 0.3) is 5.91 Å². The van der Waals surface area contributed by atoms with Crippen LogP contribution in [0.3, 0.4) is 0 Å². The van der Waals surface area contributed by atoms with Crippen LogP contribution in [-0.4, -0.2) is 44.0 Å². The quantitative estimate of drug-likeness (QED) is 0.676. The van der Waals surface area contributed by atoms with Gasteiger partial charge in [0.2, 0.25) is 0 Å². The lowest BCUT2D eigenvalue weighted by Gasteiger charge is -2.20. The molecule has 1 aliphatic rings. The molecule has 0 aliphatic carbocycles. The van der Waals surface area contributed by atoms with Gasteiger partial charge in [-0.15, -0.1) is 28.8 Å². The Labute approximate surface area is 166 Å². The van der Waals surface area contributed by atoms with E-state index < -0.39 is 0 Å². The minimum absolute atomic E-state index is 0. The maximum atomic E-state index is 12.4. The molecule has 1 amide bonds. The van der Waals surface area contributed by atoms with Crippen molar-refractivity contribution in [3.63, 3.8) is 0 Å². The molecule has 3 aromatic heterocycles. The molecule has 27 heavy (non-hydrogen) atoms. The molecule has 0 unspecified atom stereocenters. The lowest BCUT2D eigenvalue weighted by Crippen LogP contribution is -2.26. The van der Waals surface area contributed by atoms with Crippen LogP contribution in [0.2, 0.25) is 0 Å². The predicted octanol–water partition coefficient (Wildman–Crippen LogP) is 2.32. The molecule has 4 heterocycles. The van der Waals surface area contributed by atoms with Crippen LogP contribution in [0.4, 0.5) is 5.13 Å². The number of halogens is 1. The van der Waals surface area contributed by atoms with Crippen LogP contribution in [0.15, 0.2) is 36.8 Å². The molecule has 142 valence electrons. The Morgan fingerprint density at radius 1 is 1.30 bits per heavy atom. The molecule has 0 bridgehead atoms. The normalized spacial score (nSPS) is 14.5. The smallest absolute Gasteiger partial charge is 0.279 e. The van der Waals surface area contributed by atoms with Crippen molar-refractivity contribution in [1.82, 2.24) is 30.3 Å². The molecule has 8 nitrogen and oxygen atoms in total. The maximum absolute atomic E-state index is 12.4. The molecular weight excluding hydrogens is 386 g/mol. The summed E-state index contributed by atoms with van der Waals surface area (Å²) in [6.07, 6.45) is 7.43. The molecule has 2 N–H and O–H groups in total. The molecule has 1 aliphatic heterocycles.